The lowest BCUT2D eigenvalue weighted by molar-refractivity contribution is 0.470. The molecule has 0 amide bonds. The van der Waals surface area contributed by atoms with Gasteiger partial charge >= 0.3 is 0 Å². The fourth-order valence-electron chi connectivity index (χ4n) is 5.36. The predicted octanol–water partition coefficient (Wildman–Crippen LogP) is 7.24. The highest BCUT2D eigenvalue weighted by Crippen LogP contribution is 2.49. The number of rotatable bonds is 4. The van der Waals surface area contributed by atoms with Gasteiger partial charge in [-0.05, 0) is 72.0 Å². The summed E-state index contributed by atoms with van der Waals surface area (Å²) in [7, 11) is -3.92. The summed E-state index contributed by atoms with van der Waals surface area (Å²) in [4.78, 5) is 4.78. The number of nitrogens with zero attached hydrogens (tertiary/aromatic N) is 2. The summed E-state index contributed by atoms with van der Waals surface area (Å²) in [5, 5.41) is 11.1. The van der Waals surface area contributed by atoms with E-state index in [0.29, 0.717) is 17.7 Å². The molecule has 2 heterocycles. The highest BCUT2D eigenvalue weighted by molar-refractivity contribution is 7.92. The summed E-state index contributed by atoms with van der Waals surface area (Å²) >= 11 is 0. The zero-order valence-electron chi connectivity index (χ0n) is 20.6. The molecule has 1 N–H and O–H groups in total. The molecule has 0 bridgehead atoms. The second-order valence-corrected chi connectivity index (χ2v) is 11.2. The van der Waals surface area contributed by atoms with Crippen LogP contribution in [0.3, 0.4) is 0 Å². The van der Waals surface area contributed by atoms with E-state index in [1.807, 2.05) is 67.6 Å². The summed E-state index contributed by atoms with van der Waals surface area (Å²) in [5.41, 5.74) is 6.93. The van der Waals surface area contributed by atoms with Crippen LogP contribution in [0.1, 0.15) is 30.5 Å². The fourth-order valence-corrected chi connectivity index (χ4v) is 7.17. The molecule has 6 rings (SSSR count). The topological polar surface area (TPSA) is 70.5 Å². The minimum absolute atomic E-state index is 0.0729. The molecule has 184 valence electrons. The first kappa shape index (κ1) is 23.3. The van der Waals surface area contributed by atoms with Crippen molar-refractivity contribution in [2.24, 2.45) is 0 Å². The van der Waals surface area contributed by atoms with Crippen LogP contribution < -0.4 is 4.31 Å². The molecule has 0 aliphatic carbocycles. The number of fused-ring (bicyclic) bond motifs is 4. The third kappa shape index (κ3) is 3.67. The van der Waals surface area contributed by atoms with Crippen molar-refractivity contribution in [3.05, 3.63) is 108 Å². The number of benzene rings is 4. The number of para-hydroxylation sites is 1. The number of hydrogen-bond donors (Lipinski definition) is 1. The monoisotopic (exact) mass is 506 g/mol. The second-order valence-electron chi connectivity index (χ2n) is 9.37. The van der Waals surface area contributed by atoms with Gasteiger partial charge in [-0.25, -0.2) is 8.42 Å². The van der Waals surface area contributed by atoms with Crippen LogP contribution in [-0.4, -0.2) is 18.5 Å². The van der Waals surface area contributed by atoms with E-state index in [0.717, 1.165) is 38.7 Å². The Hall–Kier alpha value is -4.16. The summed E-state index contributed by atoms with van der Waals surface area (Å²) in [6, 6.07) is 28.2. The van der Waals surface area contributed by atoms with Crippen molar-refractivity contribution in [1.29, 1.82) is 0 Å². The van der Waals surface area contributed by atoms with E-state index in [2.05, 4.69) is 17.1 Å². The van der Waals surface area contributed by atoms with E-state index in [1.165, 1.54) is 18.2 Å². The number of phenolic OH excluding ortho intramolecular Hbond substituents is 1. The van der Waals surface area contributed by atoms with Gasteiger partial charge in [-0.2, -0.15) is 0 Å². The van der Waals surface area contributed by atoms with Gasteiger partial charge in [0.05, 0.1) is 22.1 Å². The fraction of sp³-hybridized carbons (Fsp3) is 0.129. The first-order chi connectivity index (χ1) is 17.9. The summed E-state index contributed by atoms with van der Waals surface area (Å²) in [5.74, 6) is 0.0729. The molecule has 6 heteroatoms. The van der Waals surface area contributed by atoms with Crippen LogP contribution in [0.15, 0.2) is 102 Å². The summed E-state index contributed by atoms with van der Waals surface area (Å²) in [6.07, 6.45) is 2.40. The van der Waals surface area contributed by atoms with E-state index in [9.17, 15) is 13.5 Å². The van der Waals surface area contributed by atoms with Crippen LogP contribution in [0, 0.1) is 6.92 Å². The van der Waals surface area contributed by atoms with E-state index in [4.69, 9.17) is 0 Å². The summed E-state index contributed by atoms with van der Waals surface area (Å²) in [6.45, 7) is 3.71. The van der Waals surface area contributed by atoms with Crippen LogP contribution in [0.25, 0.3) is 33.2 Å². The van der Waals surface area contributed by atoms with Gasteiger partial charge in [-0.1, -0.05) is 61.5 Å². The summed E-state index contributed by atoms with van der Waals surface area (Å²) < 4.78 is 29.9. The minimum atomic E-state index is -3.92. The van der Waals surface area contributed by atoms with Gasteiger partial charge < -0.3 is 5.11 Å². The average molecular weight is 507 g/mol. The van der Waals surface area contributed by atoms with Crippen molar-refractivity contribution >= 4 is 26.6 Å². The Morgan fingerprint density at radius 3 is 2.46 bits per heavy atom. The Bertz CT molecular complexity index is 1770. The van der Waals surface area contributed by atoms with Gasteiger partial charge in [0, 0.05) is 22.7 Å². The van der Waals surface area contributed by atoms with Crippen molar-refractivity contribution in [3.63, 3.8) is 0 Å². The van der Waals surface area contributed by atoms with Gasteiger partial charge in [0.25, 0.3) is 10.0 Å². The SMILES string of the molecule is CCC1c2ccccc2-c2cc(-c3cccc4cccnc34)ccc2N1S(=O)(=O)c1ccc(O)c(C)c1. The molecule has 4 aromatic carbocycles. The number of anilines is 1. The van der Waals surface area contributed by atoms with Gasteiger partial charge in [0.2, 0.25) is 0 Å². The molecule has 1 aliphatic heterocycles. The van der Waals surface area contributed by atoms with Gasteiger partial charge in [0.1, 0.15) is 5.75 Å². The van der Waals surface area contributed by atoms with Crippen molar-refractivity contribution in [2.45, 2.75) is 31.2 Å². The van der Waals surface area contributed by atoms with Crippen molar-refractivity contribution in [3.8, 4) is 28.0 Å². The number of hydrogen-bond acceptors (Lipinski definition) is 4. The average Bonchev–Trinajstić information content (AvgIpc) is 2.93. The molecule has 0 saturated carbocycles. The van der Waals surface area contributed by atoms with Crippen molar-refractivity contribution < 1.29 is 13.5 Å². The maximum atomic E-state index is 14.2. The first-order valence-electron chi connectivity index (χ1n) is 12.3. The Kier molecular flexibility index (Phi) is 5.50. The third-order valence-corrected chi connectivity index (χ3v) is 9.00. The van der Waals surface area contributed by atoms with E-state index >= 15 is 0 Å². The van der Waals surface area contributed by atoms with Crippen LogP contribution in [0.2, 0.25) is 0 Å². The molecule has 1 aliphatic rings. The maximum Gasteiger partial charge on any atom is 0.264 e. The van der Waals surface area contributed by atoms with E-state index in [1.54, 1.807) is 17.4 Å². The molecule has 1 atom stereocenters. The Morgan fingerprint density at radius 1 is 0.865 bits per heavy atom. The third-order valence-electron chi connectivity index (χ3n) is 7.18. The normalized spacial score (nSPS) is 14.9. The molecule has 1 aromatic heterocycles. The predicted molar refractivity (Wildman–Crippen MR) is 148 cm³/mol. The highest BCUT2D eigenvalue weighted by Gasteiger charge is 2.38. The second kappa shape index (κ2) is 8.75. The number of phenols is 1. The lowest BCUT2D eigenvalue weighted by Gasteiger charge is -2.39. The maximum absolute atomic E-state index is 14.2. The van der Waals surface area contributed by atoms with Crippen LogP contribution in [0.5, 0.6) is 5.75 Å². The van der Waals surface area contributed by atoms with Gasteiger partial charge in [-0.15, -0.1) is 0 Å². The van der Waals surface area contributed by atoms with Crippen LogP contribution in [0.4, 0.5) is 5.69 Å². The quantitative estimate of drug-likeness (QED) is 0.279. The minimum Gasteiger partial charge on any atom is -0.508 e. The van der Waals surface area contributed by atoms with Crippen LogP contribution >= 0.6 is 0 Å². The van der Waals surface area contributed by atoms with E-state index in [-0.39, 0.29) is 16.7 Å². The molecular weight excluding hydrogens is 480 g/mol. The number of aryl methyl sites for hydroxylation is 1. The smallest absolute Gasteiger partial charge is 0.264 e. The molecule has 0 spiro atoms. The van der Waals surface area contributed by atoms with Crippen LogP contribution in [-0.2, 0) is 10.0 Å². The molecule has 0 fully saturated rings. The molecule has 5 nitrogen and oxygen atoms in total. The highest BCUT2D eigenvalue weighted by atomic mass is 32.2. The Morgan fingerprint density at radius 2 is 1.65 bits per heavy atom. The first-order valence-corrected chi connectivity index (χ1v) is 13.8. The zero-order chi connectivity index (χ0) is 25.7. The van der Waals surface area contributed by atoms with Crippen molar-refractivity contribution in [2.75, 3.05) is 4.31 Å². The van der Waals surface area contributed by atoms with Crippen molar-refractivity contribution in [1.82, 2.24) is 4.98 Å². The zero-order valence-corrected chi connectivity index (χ0v) is 21.4. The molecule has 0 saturated heterocycles. The van der Waals surface area contributed by atoms with E-state index < -0.39 is 10.0 Å². The number of pyridine rings is 1. The standard InChI is InChI=1S/C31H26N2O3S/c1-3-28-26-11-5-4-10-25(26)27-19-22(24-12-6-8-21-9-7-17-32-31(21)24)13-15-29(27)33(28)37(35,36)23-14-16-30(34)20(2)18-23/h4-19,28,34H,3H2,1-2H3. The Labute approximate surface area is 216 Å². The molecule has 0 radical (unpaired) electrons. The molecule has 37 heavy (non-hydrogen) atoms. The van der Waals surface area contributed by atoms with Gasteiger partial charge in [-0.3, -0.25) is 9.29 Å². The molecule has 5 aromatic rings. The number of sulfonamides is 1. The number of aromatic nitrogens is 1. The Balaban J connectivity index is 1.60. The number of aromatic hydroxyl groups is 1. The van der Waals surface area contributed by atoms with Gasteiger partial charge in [0.15, 0.2) is 0 Å². The molecule has 1 unspecified atom stereocenters. The molecular formula is C31H26N2O3S. The lowest BCUT2D eigenvalue weighted by atomic mass is 9.87. The lowest BCUT2D eigenvalue weighted by Crippen LogP contribution is -2.37. The largest absolute Gasteiger partial charge is 0.508 e.